The van der Waals surface area contributed by atoms with Gasteiger partial charge in [-0.15, -0.1) is 0 Å². The predicted molar refractivity (Wildman–Crippen MR) is 132 cm³/mol. The van der Waals surface area contributed by atoms with Crippen LogP contribution in [0.4, 0.5) is 0 Å². The zero-order chi connectivity index (χ0) is 22.2. The number of ether oxygens (including phenoxy) is 2. The van der Waals surface area contributed by atoms with Crippen LogP contribution in [-0.4, -0.2) is 12.8 Å². The normalized spacial score (nSPS) is 11.0. The summed E-state index contributed by atoms with van der Waals surface area (Å²) in [5, 5.41) is 6.13. The van der Waals surface area contributed by atoms with Gasteiger partial charge in [0.25, 0.3) is 0 Å². The topological polar surface area (TPSA) is 42.8 Å². The second-order valence-electron chi connectivity index (χ2n) is 6.47. The predicted octanol–water partition coefficient (Wildman–Crippen LogP) is 7.51. The van der Waals surface area contributed by atoms with Gasteiger partial charge in [0.1, 0.15) is 6.61 Å². The summed E-state index contributed by atoms with van der Waals surface area (Å²) in [4.78, 5) is 0. The highest BCUT2D eigenvalue weighted by atomic mass is 79.9. The Labute approximate surface area is 205 Å². The minimum atomic E-state index is 0.368. The summed E-state index contributed by atoms with van der Waals surface area (Å²) in [6, 6.07) is 16.7. The third-order valence-corrected chi connectivity index (χ3v) is 5.76. The molecular weight excluding hydrogens is 523 g/mol. The molecule has 31 heavy (non-hydrogen) atoms. The van der Waals surface area contributed by atoms with Crippen molar-refractivity contribution < 1.29 is 9.47 Å². The molecule has 162 valence electrons. The highest BCUT2D eigenvalue weighted by molar-refractivity contribution is 9.10. The van der Waals surface area contributed by atoms with E-state index in [1.165, 1.54) is 0 Å². The van der Waals surface area contributed by atoms with Gasteiger partial charge in [-0.3, -0.25) is 0 Å². The van der Waals surface area contributed by atoms with E-state index in [9.17, 15) is 0 Å². The number of hydrogen-bond donors (Lipinski definition) is 1. The monoisotopic (exact) mass is 540 g/mol. The number of halogens is 4. The third-order valence-electron chi connectivity index (χ3n) is 4.23. The number of benzene rings is 3. The fraction of sp³-hybridized carbons (Fsp3) is 0.174. The summed E-state index contributed by atoms with van der Waals surface area (Å²) in [7, 11) is 0. The molecule has 3 rings (SSSR count). The Morgan fingerprint density at radius 3 is 2.45 bits per heavy atom. The molecule has 0 radical (unpaired) electrons. The highest BCUT2D eigenvalue weighted by Gasteiger charge is 2.12. The minimum Gasteiger partial charge on any atom is -0.490 e. The average Bonchev–Trinajstić information content (AvgIpc) is 2.72. The number of rotatable bonds is 9. The van der Waals surface area contributed by atoms with E-state index in [1.807, 2.05) is 43.3 Å². The molecule has 3 aromatic carbocycles. The molecule has 0 fully saturated rings. The molecule has 0 aliphatic heterocycles. The molecule has 0 saturated heterocycles. The fourth-order valence-corrected chi connectivity index (χ4v) is 4.11. The molecule has 0 saturated carbocycles. The van der Waals surface area contributed by atoms with E-state index >= 15 is 0 Å². The van der Waals surface area contributed by atoms with Gasteiger partial charge in [0, 0.05) is 20.6 Å². The van der Waals surface area contributed by atoms with E-state index in [0.717, 1.165) is 21.2 Å². The fourth-order valence-electron chi connectivity index (χ4n) is 2.79. The van der Waals surface area contributed by atoms with Crippen molar-refractivity contribution in [1.82, 2.24) is 5.43 Å². The molecule has 0 aliphatic carbocycles. The summed E-state index contributed by atoms with van der Waals surface area (Å²) < 4.78 is 12.5. The van der Waals surface area contributed by atoms with Crippen LogP contribution in [0.1, 0.15) is 23.6 Å². The summed E-state index contributed by atoms with van der Waals surface area (Å²) in [6.07, 6.45) is 1.69. The van der Waals surface area contributed by atoms with Gasteiger partial charge in [-0.25, -0.2) is 0 Å². The lowest BCUT2D eigenvalue weighted by atomic mass is 10.2. The van der Waals surface area contributed by atoms with Gasteiger partial charge in [-0.2, -0.15) is 5.10 Å². The van der Waals surface area contributed by atoms with Crippen LogP contribution in [0.2, 0.25) is 15.1 Å². The molecule has 4 nitrogen and oxygen atoms in total. The van der Waals surface area contributed by atoms with Gasteiger partial charge >= 0.3 is 0 Å². The second-order valence-corrected chi connectivity index (χ2v) is 8.58. The maximum Gasteiger partial charge on any atom is 0.175 e. The van der Waals surface area contributed by atoms with Gasteiger partial charge in [-0.05, 0) is 70.4 Å². The Balaban J connectivity index is 1.70. The quantitative estimate of drug-likeness (QED) is 0.225. The van der Waals surface area contributed by atoms with Crippen molar-refractivity contribution in [3.8, 4) is 11.5 Å². The first-order valence-corrected chi connectivity index (χ1v) is 11.4. The number of nitrogens with zero attached hydrogens (tertiary/aromatic N) is 1. The SMILES string of the molecule is CCOc1cc(/C=N/NCc2c(Cl)cccc2Cl)cc(Br)c1OCc1cccc(Cl)c1. The summed E-state index contributed by atoms with van der Waals surface area (Å²) >= 11 is 22.0. The van der Waals surface area contributed by atoms with Crippen LogP contribution in [0.5, 0.6) is 11.5 Å². The highest BCUT2D eigenvalue weighted by Crippen LogP contribution is 2.37. The van der Waals surface area contributed by atoms with Gasteiger partial charge in [0.15, 0.2) is 11.5 Å². The maximum absolute atomic E-state index is 6.18. The first-order chi connectivity index (χ1) is 15.0. The first-order valence-electron chi connectivity index (χ1n) is 9.50. The zero-order valence-corrected chi connectivity index (χ0v) is 20.5. The Kier molecular flexibility index (Phi) is 8.90. The Morgan fingerprint density at radius 2 is 1.74 bits per heavy atom. The molecule has 0 spiro atoms. The van der Waals surface area contributed by atoms with Crippen LogP contribution in [0, 0.1) is 0 Å². The van der Waals surface area contributed by atoms with E-state index in [0.29, 0.717) is 46.3 Å². The van der Waals surface area contributed by atoms with Crippen LogP contribution in [-0.2, 0) is 13.2 Å². The molecule has 8 heteroatoms. The molecule has 0 aliphatic rings. The van der Waals surface area contributed by atoms with E-state index in [-0.39, 0.29) is 0 Å². The van der Waals surface area contributed by atoms with E-state index in [1.54, 1.807) is 24.4 Å². The van der Waals surface area contributed by atoms with Gasteiger partial charge in [0.2, 0.25) is 0 Å². The molecule has 0 aromatic heterocycles. The lowest BCUT2D eigenvalue weighted by molar-refractivity contribution is 0.267. The molecule has 0 heterocycles. The van der Waals surface area contributed by atoms with Gasteiger partial charge in [0.05, 0.1) is 23.8 Å². The van der Waals surface area contributed by atoms with Crippen LogP contribution in [0.25, 0.3) is 0 Å². The van der Waals surface area contributed by atoms with Crippen molar-refractivity contribution in [3.05, 3.63) is 90.8 Å². The number of nitrogens with one attached hydrogen (secondary N) is 1. The summed E-state index contributed by atoms with van der Waals surface area (Å²) in [5.41, 5.74) is 5.57. The second kappa shape index (κ2) is 11.6. The van der Waals surface area contributed by atoms with E-state index in [2.05, 4.69) is 26.5 Å². The Morgan fingerprint density at radius 1 is 1.00 bits per heavy atom. The molecule has 0 atom stereocenters. The van der Waals surface area contributed by atoms with Crippen molar-refractivity contribution in [2.45, 2.75) is 20.1 Å². The van der Waals surface area contributed by atoms with Crippen LogP contribution >= 0.6 is 50.7 Å². The zero-order valence-electron chi connectivity index (χ0n) is 16.7. The van der Waals surface area contributed by atoms with Crippen LogP contribution < -0.4 is 14.9 Å². The van der Waals surface area contributed by atoms with E-state index < -0.39 is 0 Å². The lowest BCUT2D eigenvalue weighted by Gasteiger charge is -2.15. The van der Waals surface area contributed by atoms with Crippen LogP contribution in [0.3, 0.4) is 0 Å². The number of hydrazone groups is 1. The first kappa shape index (κ1) is 23.7. The van der Waals surface area contributed by atoms with Crippen LogP contribution in [0.15, 0.2) is 64.2 Å². The lowest BCUT2D eigenvalue weighted by Crippen LogP contribution is -2.07. The summed E-state index contributed by atoms with van der Waals surface area (Å²) in [5.74, 6) is 1.24. The standard InChI is InChI=1S/C23H20BrCl3N2O2/c1-2-30-22-11-16(12-28-29-13-18-20(26)7-4-8-21(18)27)10-19(24)23(22)31-14-15-5-3-6-17(25)9-15/h3-12,29H,2,13-14H2,1H3/b28-12+. The molecular formula is C23H20BrCl3N2O2. The van der Waals surface area contributed by atoms with Crippen molar-refractivity contribution in [2.24, 2.45) is 5.10 Å². The molecule has 0 amide bonds. The number of hydrogen-bond acceptors (Lipinski definition) is 4. The molecule has 1 N–H and O–H groups in total. The van der Waals surface area contributed by atoms with Crippen molar-refractivity contribution >= 4 is 56.9 Å². The van der Waals surface area contributed by atoms with Crippen molar-refractivity contribution in [1.29, 1.82) is 0 Å². The maximum atomic E-state index is 6.18. The smallest absolute Gasteiger partial charge is 0.175 e. The largest absolute Gasteiger partial charge is 0.490 e. The summed E-state index contributed by atoms with van der Waals surface area (Å²) in [6.45, 7) is 3.20. The Bertz CT molecular complexity index is 1060. The van der Waals surface area contributed by atoms with Gasteiger partial charge < -0.3 is 14.9 Å². The average molecular weight is 543 g/mol. The molecule has 3 aromatic rings. The minimum absolute atomic E-state index is 0.368. The van der Waals surface area contributed by atoms with E-state index in [4.69, 9.17) is 44.3 Å². The molecule has 0 unspecified atom stereocenters. The van der Waals surface area contributed by atoms with Gasteiger partial charge in [-0.1, -0.05) is 53.0 Å². The van der Waals surface area contributed by atoms with Crippen molar-refractivity contribution in [3.63, 3.8) is 0 Å². The molecule has 0 bridgehead atoms. The Hall–Kier alpha value is -1.92. The van der Waals surface area contributed by atoms with Crippen molar-refractivity contribution in [2.75, 3.05) is 6.61 Å². The third kappa shape index (κ3) is 6.78.